The number of halogens is 1. The third-order valence-electron chi connectivity index (χ3n) is 4.88. The molecule has 1 unspecified atom stereocenters. The molecule has 0 bridgehead atoms. The minimum absolute atomic E-state index is 0. The molecule has 19 heavy (non-hydrogen) atoms. The van der Waals surface area contributed by atoms with Crippen LogP contribution >= 0.6 is 12.4 Å². The van der Waals surface area contributed by atoms with Crippen LogP contribution in [0.15, 0.2) is 24.3 Å². The zero-order chi connectivity index (χ0) is 12.2. The van der Waals surface area contributed by atoms with Gasteiger partial charge in [-0.1, -0.05) is 37.1 Å². The molecule has 1 nitrogen and oxygen atoms in total. The Balaban J connectivity index is 0.00000133. The van der Waals surface area contributed by atoms with Gasteiger partial charge in [-0.05, 0) is 68.2 Å². The number of fused-ring (bicyclic) bond motifs is 1. The van der Waals surface area contributed by atoms with E-state index in [0.717, 1.165) is 11.8 Å². The van der Waals surface area contributed by atoms with E-state index in [-0.39, 0.29) is 12.4 Å². The summed E-state index contributed by atoms with van der Waals surface area (Å²) in [4.78, 5) is 0. The van der Waals surface area contributed by atoms with Gasteiger partial charge >= 0.3 is 0 Å². The highest BCUT2D eigenvalue weighted by Gasteiger charge is 2.22. The van der Waals surface area contributed by atoms with E-state index in [2.05, 4.69) is 29.6 Å². The Labute approximate surface area is 123 Å². The Morgan fingerprint density at radius 2 is 1.79 bits per heavy atom. The van der Waals surface area contributed by atoms with Crippen molar-refractivity contribution in [1.82, 2.24) is 5.32 Å². The van der Waals surface area contributed by atoms with Gasteiger partial charge in [0.05, 0.1) is 0 Å². The average molecular weight is 280 g/mol. The quantitative estimate of drug-likeness (QED) is 0.866. The number of hydrogen-bond acceptors (Lipinski definition) is 1. The van der Waals surface area contributed by atoms with Gasteiger partial charge in [0.25, 0.3) is 0 Å². The van der Waals surface area contributed by atoms with Crippen LogP contribution in [0.2, 0.25) is 0 Å². The van der Waals surface area contributed by atoms with Crippen LogP contribution < -0.4 is 5.32 Å². The summed E-state index contributed by atoms with van der Waals surface area (Å²) in [5.41, 5.74) is 3.27. The molecule has 3 rings (SSSR count). The second kappa shape index (κ2) is 7.31. The normalized spacial score (nSPS) is 22.8. The van der Waals surface area contributed by atoms with E-state index in [9.17, 15) is 0 Å². The van der Waals surface area contributed by atoms with E-state index < -0.39 is 0 Å². The first-order valence-electron chi connectivity index (χ1n) is 7.72. The maximum Gasteiger partial charge on any atom is -0.00463 e. The first kappa shape index (κ1) is 14.9. The fourth-order valence-electron chi connectivity index (χ4n) is 3.77. The molecule has 2 heteroatoms. The summed E-state index contributed by atoms with van der Waals surface area (Å²) >= 11 is 0. The molecule has 1 saturated heterocycles. The van der Waals surface area contributed by atoms with Crippen molar-refractivity contribution in [1.29, 1.82) is 0 Å². The standard InChI is InChI=1S/C17H25N.ClH/c1-2-7-17-15(5-1)8-9-16(17)6-3-4-14-10-12-18-13-11-14;/h1-2,5,7,14,16,18H,3-4,6,8-13H2;1H. The lowest BCUT2D eigenvalue weighted by Crippen LogP contribution is -2.27. The second-order valence-electron chi connectivity index (χ2n) is 6.06. The lowest BCUT2D eigenvalue weighted by Gasteiger charge is -2.23. The third-order valence-corrected chi connectivity index (χ3v) is 4.88. The van der Waals surface area contributed by atoms with Crippen LogP contribution in [-0.2, 0) is 6.42 Å². The highest BCUT2D eigenvalue weighted by Crippen LogP contribution is 2.36. The maximum absolute atomic E-state index is 3.46. The van der Waals surface area contributed by atoms with Gasteiger partial charge in [-0.3, -0.25) is 0 Å². The zero-order valence-corrected chi connectivity index (χ0v) is 12.6. The SMILES string of the molecule is Cl.c1ccc2c(c1)CCC2CCCC1CCNCC1. The van der Waals surface area contributed by atoms with Gasteiger partial charge in [0.1, 0.15) is 0 Å². The van der Waals surface area contributed by atoms with Crippen LogP contribution in [0.1, 0.15) is 55.6 Å². The van der Waals surface area contributed by atoms with Gasteiger partial charge in [-0.15, -0.1) is 12.4 Å². The van der Waals surface area contributed by atoms with Crippen molar-refractivity contribution in [3.63, 3.8) is 0 Å². The van der Waals surface area contributed by atoms with Gasteiger partial charge in [0.2, 0.25) is 0 Å². The Morgan fingerprint density at radius 1 is 1.00 bits per heavy atom. The summed E-state index contributed by atoms with van der Waals surface area (Å²) in [5, 5.41) is 3.46. The molecule has 0 radical (unpaired) electrons. The lowest BCUT2D eigenvalue weighted by atomic mass is 9.89. The summed E-state index contributed by atoms with van der Waals surface area (Å²) < 4.78 is 0. The van der Waals surface area contributed by atoms with Crippen molar-refractivity contribution in [3.05, 3.63) is 35.4 Å². The second-order valence-corrected chi connectivity index (χ2v) is 6.06. The largest absolute Gasteiger partial charge is 0.317 e. The average Bonchev–Trinajstić information content (AvgIpc) is 2.84. The van der Waals surface area contributed by atoms with E-state index in [1.54, 1.807) is 11.1 Å². The molecule has 2 aliphatic rings. The molecule has 1 heterocycles. The van der Waals surface area contributed by atoms with Crippen LogP contribution in [0.5, 0.6) is 0 Å². The van der Waals surface area contributed by atoms with E-state index in [1.165, 1.54) is 58.0 Å². The van der Waals surface area contributed by atoms with E-state index in [0.29, 0.717) is 0 Å². The molecule has 0 amide bonds. The van der Waals surface area contributed by atoms with Crippen molar-refractivity contribution >= 4 is 12.4 Å². The van der Waals surface area contributed by atoms with Crippen LogP contribution in [0.25, 0.3) is 0 Å². The first-order valence-corrected chi connectivity index (χ1v) is 7.72. The molecular formula is C17H26ClN. The van der Waals surface area contributed by atoms with Crippen LogP contribution in [-0.4, -0.2) is 13.1 Å². The van der Waals surface area contributed by atoms with Gasteiger partial charge in [-0.2, -0.15) is 0 Å². The van der Waals surface area contributed by atoms with E-state index >= 15 is 0 Å². The van der Waals surface area contributed by atoms with E-state index in [1.807, 2.05) is 0 Å². The predicted octanol–water partition coefficient (Wildman–Crippen LogP) is 4.31. The van der Waals surface area contributed by atoms with Crippen molar-refractivity contribution in [2.75, 3.05) is 13.1 Å². The monoisotopic (exact) mass is 279 g/mol. The van der Waals surface area contributed by atoms with Gasteiger partial charge in [0.15, 0.2) is 0 Å². The number of hydrogen-bond donors (Lipinski definition) is 1. The maximum atomic E-state index is 3.46. The van der Waals surface area contributed by atoms with Gasteiger partial charge in [-0.25, -0.2) is 0 Å². The molecule has 0 spiro atoms. The van der Waals surface area contributed by atoms with Crippen molar-refractivity contribution in [2.45, 2.75) is 50.9 Å². The molecular weight excluding hydrogens is 254 g/mol. The predicted molar refractivity (Wildman–Crippen MR) is 84.2 cm³/mol. The van der Waals surface area contributed by atoms with Crippen molar-refractivity contribution in [3.8, 4) is 0 Å². The molecule has 1 aliphatic heterocycles. The number of piperidine rings is 1. The molecule has 1 aliphatic carbocycles. The van der Waals surface area contributed by atoms with Crippen LogP contribution in [0, 0.1) is 5.92 Å². The molecule has 1 aromatic carbocycles. The van der Waals surface area contributed by atoms with Crippen LogP contribution in [0.4, 0.5) is 0 Å². The molecule has 1 N–H and O–H groups in total. The topological polar surface area (TPSA) is 12.0 Å². The fraction of sp³-hybridized carbons (Fsp3) is 0.647. The van der Waals surface area contributed by atoms with Gasteiger partial charge < -0.3 is 5.32 Å². The first-order chi connectivity index (χ1) is 8.93. The number of nitrogens with one attached hydrogen (secondary N) is 1. The number of aryl methyl sites for hydroxylation is 1. The molecule has 106 valence electrons. The van der Waals surface area contributed by atoms with Crippen LogP contribution in [0.3, 0.4) is 0 Å². The van der Waals surface area contributed by atoms with Crippen molar-refractivity contribution < 1.29 is 0 Å². The summed E-state index contributed by atoms with van der Waals surface area (Å²) in [7, 11) is 0. The van der Waals surface area contributed by atoms with Crippen molar-refractivity contribution in [2.24, 2.45) is 5.92 Å². The smallest absolute Gasteiger partial charge is 0.00463 e. The Kier molecular flexibility index (Phi) is 5.72. The summed E-state index contributed by atoms with van der Waals surface area (Å²) in [6, 6.07) is 9.08. The Hall–Kier alpha value is -0.530. The molecule has 1 atom stereocenters. The lowest BCUT2D eigenvalue weighted by molar-refractivity contribution is 0.339. The number of benzene rings is 1. The minimum atomic E-state index is 0. The molecule has 1 aromatic rings. The highest BCUT2D eigenvalue weighted by molar-refractivity contribution is 5.85. The minimum Gasteiger partial charge on any atom is -0.317 e. The van der Waals surface area contributed by atoms with E-state index in [4.69, 9.17) is 0 Å². The summed E-state index contributed by atoms with van der Waals surface area (Å²) in [6.45, 7) is 2.49. The highest BCUT2D eigenvalue weighted by atomic mass is 35.5. The van der Waals surface area contributed by atoms with Gasteiger partial charge in [0, 0.05) is 0 Å². The fourth-order valence-corrected chi connectivity index (χ4v) is 3.77. The number of rotatable bonds is 4. The summed E-state index contributed by atoms with van der Waals surface area (Å²) in [5.74, 6) is 1.87. The summed E-state index contributed by atoms with van der Waals surface area (Å²) in [6.07, 6.45) is 9.83. The Bertz CT molecular complexity index is 385. The molecule has 0 saturated carbocycles. The third kappa shape index (κ3) is 3.73. The zero-order valence-electron chi connectivity index (χ0n) is 11.7. The molecule has 0 aromatic heterocycles. The molecule has 1 fully saturated rings. The Morgan fingerprint density at radius 3 is 2.63 bits per heavy atom.